The Labute approximate surface area is 178 Å². The van der Waals surface area contributed by atoms with E-state index in [4.69, 9.17) is 11.6 Å². The Morgan fingerprint density at radius 3 is 2.30 bits per heavy atom. The number of halogens is 1. The second kappa shape index (κ2) is 8.23. The monoisotopic (exact) mass is 427 g/mol. The maximum atomic E-state index is 12.9. The van der Waals surface area contributed by atoms with E-state index in [1.54, 1.807) is 48.0 Å². The highest BCUT2D eigenvalue weighted by molar-refractivity contribution is 6.30. The number of carbonyl (C=O) groups is 1. The molecule has 1 aliphatic rings. The Bertz CT molecular complexity index is 1100. The SMILES string of the molecule is Cc1nn(CC(=O)c2ccc(Cl)cc2)c(=O)n1N1CCN(c2ccc(O)cc2)CC1. The van der Waals surface area contributed by atoms with Crippen LogP contribution in [0.4, 0.5) is 5.69 Å². The van der Waals surface area contributed by atoms with Crippen molar-refractivity contribution < 1.29 is 9.90 Å². The average Bonchev–Trinajstić information content (AvgIpc) is 3.02. The summed E-state index contributed by atoms with van der Waals surface area (Å²) in [6.07, 6.45) is 0. The highest BCUT2D eigenvalue weighted by atomic mass is 35.5. The zero-order chi connectivity index (χ0) is 21.3. The van der Waals surface area contributed by atoms with Gasteiger partial charge in [0.1, 0.15) is 12.3 Å². The van der Waals surface area contributed by atoms with Gasteiger partial charge in [-0.1, -0.05) is 11.6 Å². The molecule has 0 amide bonds. The van der Waals surface area contributed by atoms with Gasteiger partial charge in [0, 0.05) is 29.4 Å². The number of rotatable bonds is 5. The van der Waals surface area contributed by atoms with Gasteiger partial charge in [0.05, 0.1) is 13.1 Å². The van der Waals surface area contributed by atoms with Gasteiger partial charge in [0.25, 0.3) is 0 Å². The molecule has 0 atom stereocenters. The summed E-state index contributed by atoms with van der Waals surface area (Å²) in [5.41, 5.74) is 1.19. The van der Waals surface area contributed by atoms with Gasteiger partial charge in [-0.15, -0.1) is 0 Å². The van der Waals surface area contributed by atoms with E-state index >= 15 is 0 Å². The summed E-state index contributed by atoms with van der Waals surface area (Å²) in [6.45, 7) is 4.37. The van der Waals surface area contributed by atoms with Crippen molar-refractivity contribution in [2.45, 2.75) is 13.5 Å². The van der Waals surface area contributed by atoms with E-state index in [0.717, 1.165) is 18.8 Å². The van der Waals surface area contributed by atoms with Crippen molar-refractivity contribution in [1.29, 1.82) is 0 Å². The van der Waals surface area contributed by atoms with E-state index < -0.39 is 0 Å². The number of phenolic OH excluding ortho intramolecular Hbond substituents is 1. The quantitative estimate of drug-likeness (QED) is 0.627. The summed E-state index contributed by atoms with van der Waals surface area (Å²) in [5, 5.41) is 16.2. The van der Waals surface area contributed by atoms with Crippen LogP contribution in [-0.2, 0) is 6.54 Å². The average molecular weight is 428 g/mol. The van der Waals surface area contributed by atoms with Crippen LogP contribution in [-0.4, -0.2) is 51.5 Å². The molecule has 0 aliphatic carbocycles. The van der Waals surface area contributed by atoms with Gasteiger partial charge in [-0.3, -0.25) is 4.79 Å². The second-order valence-electron chi connectivity index (χ2n) is 7.19. The van der Waals surface area contributed by atoms with E-state index in [9.17, 15) is 14.7 Å². The van der Waals surface area contributed by atoms with Gasteiger partial charge in [-0.2, -0.15) is 9.77 Å². The van der Waals surface area contributed by atoms with Crippen molar-refractivity contribution in [3.05, 3.63) is 75.4 Å². The molecule has 2 heterocycles. The van der Waals surface area contributed by atoms with E-state index in [1.165, 1.54) is 4.68 Å². The third-order valence-electron chi connectivity index (χ3n) is 5.19. The van der Waals surface area contributed by atoms with Crippen LogP contribution in [0.5, 0.6) is 5.75 Å². The molecule has 0 radical (unpaired) electrons. The molecule has 0 unspecified atom stereocenters. The largest absolute Gasteiger partial charge is 0.508 e. The fraction of sp³-hybridized carbons (Fsp3) is 0.286. The van der Waals surface area contributed by atoms with Crippen LogP contribution in [0.3, 0.4) is 0 Å². The maximum absolute atomic E-state index is 12.9. The van der Waals surface area contributed by atoms with Crippen LogP contribution >= 0.6 is 11.6 Å². The molecule has 0 bridgehead atoms. The minimum atomic E-state index is -0.326. The van der Waals surface area contributed by atoms with Gasteiger partial charge in [-0.05, 0) is 55.5 Å². The molecule has 1 fully saturated rings. The number of Topliss-reactive ketones (excluding diaryl/α,β-unsaturated/α-hetero) is 1. The van der Waals surface area contributed by atoms with Crippen LogP contribution in [0.2, 0.25) is 5.02 Å². The molecule has 1 aromatic heterocycles. The van der Waals surface area contributed by atoms with E-state index in [1.807, 2.05) is 17.1 Å². The number of hydrogen-bond donors (Lipinski definition) is 1. The Hall–Kier alpha value is -3.26. The molecular weight excluding hydrogens is 406 g/mol. The van der Waals surface area contributed by atoms with Crippen LogP contribution in [0, 0.1) is 6.92 Å². The molecule has 1 aliphatic heterocycles. The van der Waals surface area contributed by atoms with Crippen molar-refractivity contribution in [3.8, 4) is 5.75 Å². The predicted molar refractivity (Wildman–Crippen MR) is 115 cm³/mol. The van der Waals surface area contributed by atoms with Gasteiger partial charge >= 0.3 is 5.69 Å². The second-order valence-corrected chi connectivity index (χ2v) is 7.62. The standard InChI is InChI=1S/C21H22ClN5O3/c1-15-23-26(14-20(29)16-2-4-17(22)5-3-16)21(30)27(15)25-12-10-24(11-13-25)18-6-8-19(28)9-7-18/h2-9,28H,10-14H2,1H3. The molecule has 9 heteroatoms. The first-order chi connectivity index (χ1) is 14.4. The molecule has 2 aromatic carbocycles. The maximum Gasteiger partial charge on any atom is 0.365 e. The number of hydrogen-bond acceptors (Lipinski definition) is 6. The fourth-order valence-electron chi connectivity index (χ4n) is 3.62. The van der Waals surface area contributed by atoms with Crippen LogP contribution in [0.1, 0.15) is 16.2 Å². The summed E-state index contributed by atoms with van der Waals surface area (Å²) < 4.78 is 2.75. The third-order valence-corrected chi connectivity index (χ3v) is 5.44. The highest BCUT2D eigenvalue weighted by Gasteiger charge is 2.23. The summed E-state index contributed by atoms with van der Waals surface area (Å²) in [7, 11) is 0. The summed E-state index contributed by atoms with van der Waals surface area (Å²) in [5.74, 6) is 0.581. The zero-order valence-electron chi connectivity index (χ0n) is 16.5. The molecule has 0 saturated carbocycles. The van der Waals surface area contributed by atoms with E-state index in [-0.39, 0.29) is 23.8 Å². The number of aryl methyl sites for hydroxylation is 1. The first kappa shape index (κ1) is 20.0. The van der Waals surface area contributed by atoms with Gasteiger partial charge < -0.3 is 15.0 Å². The Balaban J connectivity index is 1.46. The highest BCUT2D eigenvalue weighted by Crippen LogP contribution is 2.19. The minimum Gasteiger partial charge on any atom is -0.508 e. The number of piperazine rings is 1. The number of nitrogens with zero attached hydrogens (tertiary/aromatic N) is 5. The van der Waals surface area contributed by atoms with Crippen molar-refractivity contribution in [1.82, 2.24) is 14.5 Å². The molecule has 156 valence electrons. The molecule has 4 rings (SSSR count). The third kappa shape index (κ3) is 4.04. The van der Waals surface area contributed by atoms with Gasteiger partial charge in [0.15, 0.2) is 11.6 Å². The topological polar surface area (TPSA) is 83.6 Å². The first-order valence-electron chi connectivity index (χ1n) is 9.67. The number of carbonyl (C=O) groups excluding carboxylic acids is 1. The fourth-order valence-corrected chi connectivity index (χ4v) is 3.74. The minimum absolute atomic E-state index is 0.123. The first-order valence-corrected chi connectivity index (χ1v) is 10.0. The van der Waals surface area contributed by atoms with Gasteiger partial charge in [0.2, 0.25) is 0 Å². The van der Waals surface area contributed by atoms with Crippen molar-refractivity contribution in [2.75, 3.05) is 36.1 Å². The van der Waals surface area contributed by atoms with Gasteiger partial charge in [-0.25, -0.2) is 9.48 Å². The number of anilines is 1. The Kier molecular flexibility index (Phi) is 5.50. The molecule has 0 spiro atoms. The number of aromatic hydroxyl groups is 1. The molecule has 30 heavy (non-hydrogen) atoms. The lowest BCUT2D eigenvalue weighted by Gasteiger charge is -2.37. The molecule has 1 saturated heterocycles. The lowest BCUT2D eigenvalue weighted by Crippen LogP contribution is -2.54. The van der Waals surface area contributed by atoms with Crippen molar-refractivity contribution >= 4 is 23.1 Å². The smallest absolute Gasteiger partial charge is 0.365 e. The van der Waals surface area contributed by atoms with E-state index in [2.05, 4.69) is 10.00 Å². The summed E-state index contributed by atoms with van der Waals surface area (Å²) in [4.78, 5) is 27.6. The lowest BCUT2D eigenvalue weighted by atomic mass is 10.1. The molecular formula is C21H22ClN5O3. The molecule has 8 nitrogen and oxygen atoms in total. The van der Waals surface area contributed by atoms with E-state index in [0.29, 0.717) is 29.5 Å². The normalized spacial score (nSPS) is 14.2. The zero-order valence-corrected chi connectivity index (χ0v) is 17.3. The number of benzene rings is 2. The lowest BCUT2D eigenvalue weighted by molar-refractivity contribution is 0.0966. The number of phenols is 1. The molecule has 1 N–H and O–H groups in total. The Morgan fingerprint density at radius 2 is 1.67 bits per heavy atom. The molecule has 3 aromatic rings. The van der Waals surface area contributed by atoms with Crippen LogP contribution in [0.15, 0.2) is 53.3 Å². The predicted octanol–water partition coefficient (Wildman–Crippen LogP) is 2.05. The summed E-state index contributed by atoms with van der Waals surface area (Å²) in [6, 6.07) is 13.7. The van der Waals surface area contributed by atoms with Crippen LogP contribution < -0.4 is 15.6 Å². The summed E-state index contributed by atoms with van der Waals surface area (Å²) >= 11 is 5.87. The number of ketones is 1. The number of aromatic nitrogens is 3. The van der Waals surface area contributed by atoms with Crippen molar-refractivity contribution in [3.63, 3.8) is 0 Å². The van der Waals surface area contributed by atoms with Crippen molar-refractivity contribution in [2.24, 2.45) is 0 Å². The van der Waals surface area contributed by atoms with Crippen LogP contribution in [0.25, 0.3) is 0 Å². The Morgan fingerprint density at radius 1 is 1.03 bits per heavy atom.